The number of anilines is 1. The van der Waals surface area contributed by atoms with Crippen molar-refractivity contribution < 1.29 is 0 Å². The van der Waals surface area contributed by atoms with Crippen molar-refractivity contribution in [3.05, 3.63) is 42.0 Å². The molecule has 1 heterocycles. The Kier molecular flexibility index (Phi) is 1.54. The molecule has 15 heavy (non-hydrogen) atoms. The molecular formula is C13H12N2. The number of nitrogens with one attached hydrogen (secondary N) is 1. The Hall–Kier alpha value is -1.96. The third-order valence-electron chi connectivity index (χ3n) is 2.90. The molecule has 0 spiro atoms. The second-order valence-electron chi connectivity index (χ2n) is 3.89. The van der Waals surface area contributed by atoms with E-state index in [4.69, 9.17) is 5.73 Å². The largest absolute Gasteiger partial charge is 0.398 e. The van der Waals surface area contributed by atoms with Crippen molar-refractivity contribution in [1.29, 1.82) is 0 Å². The Bertz CT molecular complexity index is 650. The molecule has 2 aromatic carbocycles. The second kappa shape index (κ2) is 2.76. The molecule has 2 nitrogen and oxygen atoms in total. The monoisotopic (exact) mass is 196 g/mol. The highest BCUT2D eigenvalue weighted by atomic mass is 14.7. The number of nitrogens with two attached hydrogens (primary N) is 1. The van der Waals surface area contributed by atoms with Crippen LogP contribution in [0.3, 0.4) is 0 Å². The molecule has 0 radical (unpaired) electrons. The van der Waals surface area contributed by atoms with Gasteiger partial charge in [-0.15, -0.1) is 0 Å². The lowest BCUT2D eigenvalue weighted by molar-refractivity contribution is 1.45. The zero-order chi connectivity index (χ0) is 10.4. The maximum Gasteiger partial charge on any atom is 0.0495 e. The summed E-state index contributed by atoms with van der Waals surface area (Å²) in [6.07, 6.45) is 0. The van der Waals surface area contributed by atoms with Crippen LogP contribution in [0.2, 0.25) is 0 Å². The molecule has 0 aliphatic carbocycles. The van der Waals surface area contributed by atoms with Crippen LogP contribution < -0.4 is 5.73 Å². The number of hydrogen-bond donors (Lipinski definition) is 2. The summed E-state index contributed by atoms with van der Waals surface area (Å²) < 4.78 is 0. The first-order valence-corrected chi connectivity index (χ1v) is 5.03. The molecule has 0 atom stereocenters. The number of hydrogen-bond acceptors (Lipinski definition) is 1. The van der Waals surface area contributed by atoms with Crippen molar-refractivity contribution in [1.82, 2.24) is 4.98 Å². The molecule has 3 rings (SSSR count). The minimum absolute atomic E-state index is 0.837. The molecule has 2 heteroatoms. The number of aromatic amines is 1. The van der Waals surface area contributed by atoms with Crippen molar-refractivity contribution >= 4 is 27.5 Å². The number of aromatic nitrogens is 1. The summed E-state index contributed by atoms with van der Waals surface area (Å²) in [4.78, 5) is 3.41. The van der Waals surface area contributed by atoms with Crippen molar-refractivity contribution in [2.75, 3.05) is 5.73 Å². The number of rotatable bonds is 0. The van der Waals surface area contributed by atoms with Gasteiger partial charge in [-0.05, 0) is 24.6 Å². The number of fused-ring (bicyclic) bond motifs is 3. The highest BCUT2D eigenvalue weighted by Gasteiger charge is 2.07. The van der Waals surface area contributed by atoms with Crippen LogP contribution in [0.5, 0.6) is 0 Å². The number of H-pyrrole nitrogens is 1. The molecule has 1 aromatic heterocycles. The Labute approximate surface area is 87.7 Å². The summed E-state index contributed by atoms with van der Waals surface area (Å²) in [6.45, 7) is 2.11. The first-order valence-electron chi connectivity index (χ1n) is 5.03. The molecule has 0 aliphatic heterocycles. The van der Waals surface area contributed by atoms with Gasteiger partial charge in [-0.2, -0.15) is 0 Å². The van der Waals surface area contributed by atoms with E-state index < -0.39 is 0 Å². The lowest BCUT2D eigenvalue weighted by Gasteiger charge is -1.96. The van der Waals surface area contributed by atoms with Crippen molar-refractivity contribution in [3.63, 3.8) is 0 Å². The van der Waals surface area contributed by atoms with Gasteiger partial charge in [0, 0.05) is 27.5 Å². The van der Waals surface area contributed by atoms with Crippen LogP contribution in [0.4, 0.5) is 5.69 Å². The van der Waals surface area contributed by atoms with Gasteiger partial charge in [0.25, 0.3) is 0 Å². The number of benzene rings is 2. The molecule has 0 saturated carbocycles. The van der Waals surface area contributed by atoms with E-state index in [1.165, 1.54) is 16.5 Å². The van der Waals surface area contributed by atoms with Crippen LogP contribution in [0.15, 0.2) is 36.4 Å². The highest BCUT2D eigenvalue weighted by molar-refractivity contribution is 6.13. The lowest BCUT2D eigenvalue weighted by atomic mass is 10.1. The molecule has 0 saturated heterocycles. The predicted molar refractivity (Wildman–Crippen MR) is 65.0 cm³/mol. The molecule has 0 aliphatic rings. The van der Waals surface area contributed by atoms with Crippen LogP contribution in [0, 0.1) is 6.92 Å². The molecule has 74 valence electrons. The van der Waals surface area contributed by atoms with Crippen molar-refractivity contribution in [2.24, 2.45) is 0 Å². The van der Waals surface area contributed by atoms with Crippen LogP contribution in [0.1, 0.15) is 5.56 Å². The Morgan fingerprint density at radius 3 is 2.73 bits per heavy atom. The number of nitrogen functional groups attached to an aromatic ring is 1. The molecule has 0 bridgehead atoms. The van der Waals surface area contributed by atoms with Crippen LogP contribution in [0.25, 0.3) is 21.8 Å². The minimum Gasteiger partial charge on any atom is -0.398 e. The first kappa shape index (κ1) is 8.36. The van der Waals surface area contributed by atoms with Gasteiger partial charge in [-0.3, -0.25) is 0 Å². The molecule has 3 N–H and O–H groups in total. The van der Waals surface area contributed by atoms with E-state index in [1.807, 2.05) is 12.1 Å². The van der Waals surface area contributed by atoms with Gasteiger partial charge in [0.2, 0.25) is 0 Å². The summed E-state index contributed by atoms with van der Waals surface area (Å²) in [6, 6.07) is 12.3. The zero-order valence-electron chi connectivity index (χ0n) is 8.54. The fourth-order valence-corrected chi connectivity index (χ4v) is 2.15. The summed E-state index contributed by atoms with van der Waals surface area (Å²) in [5, 5.41) is 2.35. The molecule has 3 aromatic rings. The van der Waals surface area contributed by atoms with Gasteiger partial charge in [-0.1, -0.05) is 24.3 Å². The number of aryl methyl sites for hydroxylation is 1. The highest BCUT2D eigenvalue weighted by Crippen LogP contribution is 2.30. The fourth-order valence-electron chi connectivity index (χ4n) is 2.15. The van der Waals surface area contributed by atoms with E-state index in [1.54, 1.807) is 0 Å². The molecule has 0 fully saturated rings. The average molecular weight is 196 g/mol. The summed E-state index contributed by atoms with van der Waals surface area (Å²) >= 11 is 0. The zero-order valence-corrected chi connectivity index (χ0v) is 8.54. The topological polar surface area (TPSA) is 41.8 Å². The van der Waals surface area contributed by atoms with Gasteiger partial charge in [0.05, 0.1) is 0 Å². The van der Waals surface area contributed by atoms with Gasteiger partial charge < -0.3 is 10.7 Å². The van der Waals surface area contributed by atoms with Gasteiger partial charge in [0.1, 0.15) is 0 Å². The van der Waals surface area contributed by atoms with E-state index >= 15 is 0 Å². The van der Waals surface area contributed by atoms with Gasteiger partial charge in [0.15, 0.2) is 0 Å². The van der Waals surface area contributed by atoms with E-state index in [-0.39, 0.29) is 0 Å². The first-order chi connectivity index (χ1) is 7.27. The Balaban J connectivity index is 2.65. The van der Waals surface area contributed by atoms with Crippen LogP contribution in [-0.2, 0) is 0 Å². The van der Waals surface area contributed by atoms with E-state index in [0.717, 1.165) is 16.6 Å². The normalized spacial score (nSPS) is 11.3. The van der Waals surface area contributed by atoms with Crippen molar-refractivity contribution in [2.45, 2.75) is 6.92 Å². The minimum atomic E-state index is 0.837. The maximum atomic E-state index is 6.00. The molecule has 0 unspecified atom stereocenters. The number of para-hydroxylation sites is 1. The van der Waals surface area contributed by atoms with Crippen LogP contribution in [-0.4, -0.2) is 4.98 Å². The van der Waals surface area contributed by atoms with Gasteiger partial charge in [-0.25, -0.2) is 0 Å². The Morgan fingerprint density at radius 1 is 1.07 bits per heavy atom. The fraction of sp³-hybridized carbons (Fsp3) is 0.0769. The van der Waals surface area contributed by atoms with Gasteiger partial charge >= 0.3 is 0 Å². The van der Waals surface area contributed by atoms with Crippen LogP contribution >= 0.6 is 0 Å². The quantitative estimate of drug-likeness (QED) is 0.532. The molecule has 0 amide bonds. The second-order valence-corrected chi connectivity index (χ2v) is 3.89. The average Bonchev–Trinajstić information content (AvgIpc) is 2.59. The summed E-state index contributed by atoms with van der Waals surface area (Å²) in [5.41, 5.74) is 10.4. The lowest BCUT2D eigenvalue weighted by Crippen LogP contribution is -1.83. The Morgan fingerprint density at radius 2 is 1.87 bits per heavy atom. The van der Waals surface area contributed by atoms with E-state index in [0.29, 0.717) is 0 Å². The van der Waals surface area contributed by atoms with E-state index in [9.17, 15) is 0 Å². The summed E-state index contributed by atoms with van der Waals surface area (Å²) in [5.74, 6) is 0. The SMILES string of the molecule is Cc1cccc2c1[nH]c1cccc(N)c12. The van der Waals surface area contributed by atoms with E-state index in [2.05, 4.69) is 36.2 Å². The predicted octanol–water partition coefficient (Wildman–Crippen LogP) is 3.21. The van der Waals surface area contributed by atoms with Crippen molar-refractivity contribution in [3.8, 4) is 0 Å². The maximum absolute atomic E-state index is 6.00. The molecular weight excluding hydrogens is 184 g/mol. The smallest absolute Gasteiger partial charge is 0.0495 e. The third-order valence-corrected chi connectivity index (χ3v) is 2.90. The summed E-state index contributed by atoms with van der Waals surface area (Å²) in [7, 11) is 0. The third kappa shape index (κ3) is 1.05. The standard InChI is InChI=1S/C13H12N2/c1-8-4-2-5-9-12-10(14)6-3-7-11(12)15-13(8)9/h2-7,15H,14H2,1H3.